The molecule has 0 radical (unpaired) electrons. The SMILES string of the molecule is Cc1ccccc1[C@H](CC(=NO)c1ccc(=O)n(C)c1)c1ccc(C2CCN(C(=O)OC(C)(C)C)CC2)cc1. The van der Waals surface area contributed by atoms with Crippen LogP contribution in [-0.2, 0) is 11.8 Å². The molecule has 1 aliphatic heterocycles. The van der Waals surface area contributed by atoms with E-state index in [0.29, 0.717) is 36.7 Å². The van der Waals surface area contributed by atoms with E-state index in [4.69, 9.17) is 4.74 Å². The highest BCUT2D eigenvalue weighted by atomic mass is 16.6. The fourth-order valence-electron chi connectivity index (χ4n) is 5.28. The van der Waals surface area contributed by atoms with Crippen molar-refractivity contribution in [2.45, 2.75) is 64.4 Å². The van der Waals surface area contributed by atoms with Gasteiger partial charge in [-0.3, -0.25) is 4.79 Å². The van der Waals surface area contributed by atoms with Gasteiger partial charge in [0, 0.05) is 50.3 Å². The minimum absolute atomic E-state index is 0.0302. The Labute approximate surface area is 230 Å². The number of piperidine rings is 1. The van der Waals surface area contributed by atoms with Crippen LogP contribution in [0.1, 0.15) is 79.7 Å². The first kappa shape index (κ1) is 28.1. The zero-order chi connectivity index (χ0) is 28.2. The van der Waals surface area contributed by atoms with E-state index in [2.05, 4.69) is 48.5 Å². The summed E-state index contributed by atoms with van der Waals surface area (Å²) in [6.45, 7) is 9.13. The molecule has 39 heavy (non-hydrogen) atoms. The topological polar surface area (TPSA) is 84.1 Å². The fraction of sp³-hybridized carbons (Fsp3) is 0.406. The lowest BCUT2D eigenvalue weighted by molar-refractivity contribution is 0.0205. The molecule has 1 amide bonds. The van der Waals surface area contributed by atoms with E-state index in [-0.39, 0.29) is 17.6 Å². The van der Waals surface area contributed by atoms with Crippen LogP contribution in [0.4, 0.5) is 4.79 Å². The number of oxime groups is 1. The van der Waals surface area contributed by atoms with Crippen LogP contribution < -0.4 is 5.56 Å². The van der Waals surface area contributed by atoms with Gasteiger partial charge in [-0.2, -0.15) is 0 Å². The molecule has 2 aromatic carbocycles. The second kappa shape index (κ2) is 11.9. The predicted molar refractivity (Wildman–Crippen MR) is 154 cm³/mol. The summed E-state index contributed by atoms with van der Waals surface area (Å²) in [5.74, 6) is 0.354. The Hall–Kier alpha value is -3.87. The number of amides is 1. The Morgan fingerprint density at radius 1 is 1.05 bits per heavy atom. The van der Waals surface area contributed by atoms with E-state index in [9.17, 15) is 14.8 Å². The van der Waals surface area contributed by atoms with Gasteiger partial charge < -0.3 is 19.4 Å². The minimum atomic E-state index is -0.491. The molecule has 2 heterocycles. The van der Waals surface area contributed by atoms with Crippen molar-refractivity contribution < 1.29 is 14.7 Å². The third-order valence-electron chi connectivity index (χ3n) is 7.46. The lowest BCUT2D eigenvalue weighted by atomic mass is 9.82. The minimum Gasteiger partial charge on any atom is -0.444 e. The number of nitrogens with zero attached hydrogens (tertiary/aromatic N) is 3. The van der Waals surface area contributed by atoms with Crippen LogP contribution in [0.25, 0.3) is 0 Å². The molecular formula is C32H39N3O4. The summed E-state index contributed by atoms with van der Waals surface area (Å²) < 4.78 is 7.03. The van der Waals surface area contributed by atoms with Crippen molar-refractivity contribution in [3.63, 3.8) is 0 Å². The first-order valence-electron chi connectivity index (χ1n) is 13.6. The van der Waals surface area contributed by atoms with Crippen molar-refractivity contribution in [3.8, 4) is 0 Å². The lowest BCUT2D eigenvalue weighted by Crippen LogP contribution is -2.41. The molecule has 7 heteroatoms. The first-order chi connectivity index (χ1) is 18.6. The summed E-state index contributed by atoms with van der Waals surface area (Å²) in [5, 5.41) is 13.6. The molecule has 1 atom stereocenters. The summed E-state index contributed by atoms with van der Waals surface area (Å²) >= 11 is 0. The number of rotatable bonds is 6. The Kier molecular flexibility index (Phi) is 8.58. The fourth-order valence-corrected chi connectivity index (χ4v) is 5.28. The Bertz CT molecular complexity index is 1380. The zero-order valence-corrected chi connectivity index (χ0v) is 23.6. The summed E-state index contributed by atoms with van der Waals surface area (Å²) in [5.41, 5.74) is 5.36. The molecule has 7 nitrogen and oxygen atoms in total. The Balaban J connectivity index is 1.54. The largest absolute Gasteiger partial charge is 0.444 e. The maximum Gasteiger partial charge on any atom is 0.410 e. The Morgan fingerprint density at radius 3 is 2.31 bits per heavy atom. The van der Waals surface area contributed by atoms with Gasteiger partial charge in [0.2, 0.25) is 5.56 Å². The molecule has 0 spiro atoms. The third kappa shape index (κ3) is 6.96. The van der Waals surface area contributed by atoms with Crippen molar-refractivity contribution in [2.24, 2.45) is 12.2 Å². The van der Waals surface area contributed by atoms with Gasteiger partial charge in [0.25, 0.3) is 0 Å². The summed E-state index contributed by atoms with van der Waals surface area (Å²) in [6.07, 6.45) is 3.74. The van der Waals surface area contributed by atoms with E-state index in [1.165, 1.54) is 27.3 Å². The molecule has 0 aliphatic carbocycles. The number of aryl methyl sites for hydroxylation is 2. The number of aromatic nitrogens is 1. The molecule has 1 N–H and O–H groups in total. The van der Waals surface area contributed by atoms with E-state index in [1.54, 1.807) is 24.2 Å². The van der Waals surface area contributed by atoms with Crippen LogP contribution in [0.3, 0.4) is 0 Å². The van der Waals surface area contributed by atoms with Crippen LogP contribution >= 0.6 is 0 Å². The number of likely N-dealkylation sites (tertiary alicyclic amines) is 1. The summed E-state index contributed by atoms with van der Waals surface area (Å²) in [4.78, 5) is 26.1. The third-order valence-corrected chi connectivity index (χ3v) is 7.46. The highest BCUT2D eigenvalue weighted by Crippen LogP contribution is 2.34. The second-order valence-electron chi connectivity index (χ2n) is 11.4. The summed E-state index contributed by atoms with van der Waals surface area (Å²) in [7, 11) is 1.69. The highest BCUT2D eigenvalue weighted by molar-refractivity contribution is 6.00. The molecule has 206 valence electrons. The number of carbonyl (C=O) groups is 1. The van der Waals surface area contributed by atoms with Gasteiger partial charge in [0.05, 0.1) is 5.71 Å². The van der Waals surface area contributed by atoms with Gasteiger partial charge >= 0.3 is 6.09 Å². The van der Waals surface area contributed by atoms with Crippen molar-refractivity contribution in [1.82, 2.24) is 9.47 Å². The normalized spacial score (nSPS) is 15.7. The maximum atomic E-state index is 12.4. The molecule has 1 aliphatic rings. The molecule has 3 aromatic rings. The highest BCUT2D eigenvalue weighted by Gasteiger charge is 2.28. The van der Waals surface area contributed by atoms with Crippen molar-refractivity contribution >= 4 is 11.8 Å². The van der Waals surface area contributed by atoms with Crippen LogP contribution in [0.15, 0.2) is 76.8 Å². The number of hydrogen-bond donors (Lipinski definition) is 1. The molecule has 0 unspecified atom stereocenters. The monoisotopic (exact) mass is 529 g/mol. The van der Waals surface area contributed by atoms with E-state index >= 15 is 0 Å². The molecule has 1 fully saturated rings. The average molecular weight is 530 g/mol. The molecule has 0 bridgehead atoms. The molecule has 4 rings (SSSR count). The molecular weight excluding hydrogens is 490 g/mol. The maximum absolute atomic E-state index is 12.4. The molecule has 1 aromatic heterocycles. The van der Waals surface area contributed by atoms with Crippen molar-refractivity contribution in [1.29, 1.82) is 0 Å². The summed E-state index contributed by atoms with van der Waals surface area (Å²) in [6, 6.07) is 20.2. The van der Waals surface area contributed by atoms with Gasteiger partial charge in [-0.25, -0.2) is 4.79 Å². The molecule has 0 saturated carbocycles. The predicted octanol–water partition coefficient (Wildman–Crippen LogP) is 6.21. The standard InChI is InChI=1S/C32H39N3O4/c1-22-8-6-7-9-27(22)28(20-29(33-38)26-14-15-30(36)34(5)21-26)25-12-10-23(11-13-25)24-16-18-35(19-17-24)31(37)39-32(2,3)4/h6-15,21,24,28,38H,16-20H2,1-5H3/t28-/m1/s1. The van der Waals surface area contributed by atoms with Crippen molar-refractivity contribution in [2.75, 3.05) is 13.1 Å². The average Bonchev–Trinajstić information content (AvgIpc) is 2.91. The second-order valence-corrected chi connectivity index (χ2v) is 11.4. The number of ether oxygens (including phenoxy) is 1. The van der Waals surface area contributed by atoms with Crippen LogP contribution in [0.5, 0.6) is 0 Å². The van der Waals surface area contributed by atoms with Crippen LogP contribution in [-0.4, -0.2) is 45.2 Å². The van der Waals surface area contributed by atoms with Crippen LogP contribution in [0, 0.1) is 6.92 Å². The number of pyridine rings is 1. The quantitative estimate of drug-likeness (QED) is 0.234. The molecule has 1 saturated heterocycles. The van der Waals surface area contributed by atoms with E-state index in [0.717, 1.165) is 18.4 Å². The number of benzene rings is 2. The van der Waals surface area contributed by atoms with Gasteiger partial charge in [0.15, 0.2) is 0 Å². The van der Waals surface area contributed by atoms with Gasteiger partial charge in [-0.15, -0.1) is 0 Å². The smallest absolute Gasteiger partial charge is 0.410 e. The van der Waals surface area contributed by atoms with Crippen LogP contribution in [0.2, 0.25) is 0 Å². The van der Waals surface area contributed by atoms with Gasteiger partial charge in [-0.05, 0) is 74.8 Å². The van der Waals surface area contributed by atoms with Crippen molar-refractivity contribution in [3.05, 3.63) is 105 Å². The zero-order valence-electron chi connectivity index (χ0n) is 23.6. The van der Waals surface area contributed by atoms with Gasteiger partial charge in [-0.1, -0.05) is 53.7 Å². The Morgan fingerprint density at radius 2 is 1.72 bits per heavy atom. The first-order valence-corrected chi connectivity index (χ1v) is 13.6. The van der Waals surface area contributed by atoms with Gasteiger partial charge in [0.1, 0.15) is 5.60 Å². The van der Waals surface area contributed by atoms with E-state index < -0.39 is 5.60 Å². The number of hydrogen-bond acceptors (Lipinski definition) is 5. The lowest BCUT2D eigenvalue weighted by Gasteiger charge is -2.33. The number of carbonyl (C=O) groups excluding carboxylic acids is 1. The van der Waals surface area contributed by atoms with E-state index in [1.807, 2.05) is 32.9 Å².